The minimum Gasteiger partial charge on any atom is -0.0955 e. The lowest BCUT2D eigenvalue weighted by molar-refractivity contribution is 0.733. The van der Waals surface area contributed by atoms with E-state index in [-0.39, 0.29) is 0 Å². The lowest BCUT2D eigenvalue weighted by Crippen LogP contribution is -1.99. The largest absolute Gasteiger partial charge is 0.0955 e. The number of allylic oxidation sites excluding steroid dienone is 4. The molecule has 0 heteroatoms. The first-order chi connectivity index (χ1) is 12.7. The molecule has 0 atom stereocenters. The van der Waals surface area contributed by atoms with Crippen LogP contribution in [0.25, 0.3) is 12.2 Å². The quantitative estimate of drug-likeness (QED) is 0.546. The predicted octanol–water partition coefficient (Wildman–Crippen LogP) is 6.50. The maximum atomic E-state index is 4.09. The summed E-state index contributed by atoms with van der Waals surface area (Å²) in [6.07, 6.45) is 15.4. The zero-order chi connectivity index (χ0) is 17.9. The number of rotatable bonds is 5. The van der Waals surface area contributed by atoms with Crippen molar-refractivity contribution >= 4 is 12.2 Å². The summed E-state index contributed by atoms with van der Waals surface area (Å²) in [6.45, 7) is 8.18. The normalized spacial score (nSPS) is 15.1. The number of hydrogen-bond acceptors (Lipinski definition) is 0. The number of aryl methyl sites for hydroxylation is 2. The molecule has 0 spiro atoms. The third-order valence-corrected chi connectivity index (χ3v) is 5.43. The summed E-state index contributed by atoms with van der Waals surface area (Å²) in [6, 6.07) is 13.8. The Morgan fingerprint density at radius 3 is 1.54 bits per heavy atom. The Morgan fingerprint density at radius 2 is 1.08 bits per heavy atom. The molecule has 4 rings (SSSR count). The molecule has 0 radical (unpaired) electrons. The van der Waals surface area contributed by atoms with Crippen LogP contribution in [0.3, 0.4) is 0 Å². The second-order valence-electron chi connectivity index (χ2n) is 7.61. The summed E-state index contributed by atoms with van der Waals surface area (Å²) in [5.41, 5.74) is 10.9. The van der Waals surface area contributed by atoms with Crippen molar-refractivity contribution in [1.29, 1.82) is 0 Å². The van der Waals surface area contributed by atoms with Crippen LogP contribution in [0.5, 0.6) is 0 Å². The first kappa shape index (κ1) is 16.8. The Morgan fingerprint density at radius 1 is 0.615 bits per heavy atom. The Bertz CT molecular complexity index is 844. The molecule has 0 bridgehead atoms. The fraction of sp³-hybridized carbons (Fsp3) is 0.231. The van der Waals surface area contributed by atoms with Crippen molar-refractivity contribution in [3.05, 3.63) is 106 Å². The Kier molecular flexibility index (Phi) is 4.75. The van der Waals surface area contributed by atoms with E-state index in [1.54, 1.807) is 0 Å². The van der Waals surface area contributed by atoms with Gasteiger partial charge in [-0.05, 0) is 71.9 Å². The van der Waals surface area contributed by atoms with E-state index >= 15 is 0 Å². The molecule has 2 aromatic rings. The molecule has 130 valence electrons. The standard InChI is InChI=1S/C26H26/c1-19-7-11-23-13-9-21(17-25(23)15-19)5-3-4-6-22-10-14-24-12-8-20(2)16-26(24)18-22/h7-14,17-18H,1-6,15-16H2. The third-order valence-electron chi connectivity index (χ3n) is 5.43. The number of unbranched alkanes of at least 4 members (excludes halogenated alkanes) is 1. The molecule has 2 aliphatic carbocycles. The van der Waals surface area contributed by atoms with Gasteiger partial charge in [0.05, 0.1) is 0 Å². The molecule has 0 heterocycles. The van der Waals surface area contributed by atoms with Gasteiger partial charge in [0, 0.05) is 0 Å². The fourth-order valence-electron chi connectivity index (χ4n) is 3.94. The predicted molar refractivity (Wildman–Crippen MR) is 113 cm³/mol. The van der Waals surface area contributed by atoms with Crippen molar-refractivity contribution in [1.82, 2.24) is 0 Å². The van der Waals surface area contributed by atoms with Gasteiger partial charge in [0.15, 0.2) is 0 Å². The highest BCUT2D eigenvalue weighted by atomic mass is 14.1. The van der Waals surface area contributed by atoms with Crippen LogP contribution in [0.1, 0.15) is 46.2 Å². The highest BCUT2D eigenvalue weighted by Crippen LogP contribution is 2.25. The Labute approximate surface area is 157 Å². The molecule has 26 heavy (non-hydrogen) atoms. The molecular weight excluding hydrogens is 312 g/mol. The molecular formula is C26H26. The Balaban J connectivity index is 1.32. The Hall–Kier alpha value is -2.60. The van der Waals surface area contributed by atoms with Gasteiger partial charge in [-0.1, -0.05) is 85.0 Å². The molecule has 0 aliphatic heterocycles. The SMILES string of the molecule is C=C1C=Cc2ccc(CCCCc3ccc4c(c3)CC(=C)C=C4)cc2C1. The van der Waals surface area contributed by atoms with Crippen LogP contribution in [0.4, 0.5) is 0 Å². The van der Waals surface area contributed by atoms with Gasteiger partial charge in [0.1, 0.15) is 0 Å². The molecule has 0 saturated heterocycles. The van der Waals surface area contributed by atoms with Crippen molar-refractivity contribution in [2.75, 3.05) is 0 Å². The molecule has 0 saturated carbocycles. The van der Waals surface area contributed by atoms with Crippen LogP contribution < -0.4 is 0 Å². The second-order valence-corrected chi connectivity index (χ2v) is 7.61. The zero-order valence-electron chi connectivity index (χ0n) is 15.4. The smallest absolute Gasteiger partial charge is 0.00256 e. The van der Waals surface area contributed by atoms with E-state index in [0.29, 0.717) is 0 Å². The average Bonchev–Trinajstić information content (AvgIpc) is 2.64. The summed E-state index contributed by atoms with van der Waals surface area (Å²) in [4.78, 5) is 0. The fourth-order valence-corrected chi connectivity index (χ4v) is 3.94. The summed E-state index contributed by atoms with van der Waals surface area (Å²) < 4.78 is 0. The highest BCUT2D eigenvalue weighted by Gasteiger charge is 2.09. The number of benzene rings is 2. The van der Waals surface area contributed by atoms with Crippen LogP contribution >= 0.6 is 0 Å². The molecule has 0 fully saturated rings. The average molecular weight is 338 g/mol. The van der Waals surface area contributed by atoms with Crippen molar-refractivity contribution < 1.29 is 0 Å². The first-order valence-corrected chi connectivity index (χ1v) is 9.63. The van der Waals surface area contributed by atoms with E-state index in [9.17, 15) is 0 Å². The van der Waals surface area contributed by atoms with Crippen LogP contribution in [0.15, 0.2) is 72.9 Å². The van der Waals surface area contributed by atoms with Gasteiger partial charge in [0.25, 0.3) is 0 Å². The summed E-state index contributed by atoms with van der Waals surface area (Å²) in [5, 5.41) is 0. The lowest BCUT2D eigenvalue weighted by atomic mass is 9.91. The molecule has 0 nitrogen and oxygen atoms in total. The summed E-state index contributed by atoms with van der Waals surface area (Å²) >= 11 is 0. The number of fused-ring (bicyclic) bond motifs is 2. The van der Waals surface area contributed by atoms with Crippen LogP contribution in [0, 0.1) is 0 Å². The summed E-state index contributed by atoms with van der Waals surface area (Å²) in [5.74, 6) is 0. The monoisotopic (exact) mass is 338 g/mol. The number of hydrogen-bond donors (Lipinski definition) is 0. The topological polar surface area (TPSA) is 0 Å². The molecule has 0 aromatic heterocycles. The van der Waals surface area contributed by atoms with Crippen molar-refractivity contribution in [2.45, 2.75) is 38.5 Å². The molecule has 0 N–H and O–H groups in total. The van der Waals surface area contributed by atoms with E-state index in [1.165, 1.54) is 57.4 Å². The van der Waals surface area contributed by atoms with Gasteiger partial charge in [-0.3, -0.25) is 0 Å². The van der Waals surface area contributed by atoms with E-state index in [4.69, 9.17) is 0 Å². The highest BCUT2D eigenvalue weighted by molar-refractivity contribution is 5.62. The molecule has 0 unspecified atom stereocenters. The summed E-state index contributed by atoms with van der Waals surface area (Å²) in [7, 11) is 0. The van der Waals surface area contributed by atoms with Crippen molar-refractivity contribution in [2.24, 2.45) is 0 Å². The minimum atomic E-state index is 0.995. The van der Waals surface area contributed by atoms with E-state index < -0.39 is 0 Å². The molecule has 2 aliphatic rings. The molecule has 0 amide bonds. The van der Waals surface area contributed by atoms with Crippen LogP contribution in [-0.4, -0.2) is 0 Å². The van der Waals surface area contributed by atoms with E-state index in [2.05, 4.69) is 73.9 Å². The zero-order valence-corrected chi connectivity index (χ0v) is 15.4. The van der Waals surface area contributed by atoms with E-state index in [1.807, 2.05) is 0 Å². The van der Waals surface area contributed by atoms with Crippen LogP contribution in [0.2, 0.25) is 0 Å². The maximum absolute atomic E-state index is 4.09. The maximum Gasteiger partial charge on any atom is -0.00256 e. The molecule has 2 aromatic carbocycles. The van der Waals surface area contributed by atoms with Gasteiger partial charge >= 0.3 is 0 Å². The minimum absolute atomic E-state index is 0.995. The van der Waals surface area contributed by atoms with Crippen LogP contribution in [-0.2, 0) is 25.7 Å². The lowest BCUT2D eigenvalue weighted by Gasteiger charge is -2.14. The van der Waals surface area contributed by atoms with Gasteiger partial charge in [-0.25, -0.2) is 0 Å². The second kappa shape index (κ2) is 7.33. The van der Waals surface area contributed by atoms with Gasteiger partial charge in [-0.15, -0.1) is 0 Å². The van der Waals surface area contributed by atoms with Gasteiger partial charge < -0.3 is 0 Å². The van der Waals surface area contributed by atoms with Gasteiger partial charge in [0.2, 0.25) is 0 Å². The van der Waals surface area contributed by atoms with Crippen molar-refractivity contribution in [3.63, 3.8) is 0 Å². The first-order valence-electron chi connectivity index (χ1n) is 9.63. The van der Waals surface area contributed by atoms with E-state index in [0.717, 1.165) is 25.7 Å². The van der Waals surface area contributed by atoms with Gasteiger partial charge in [-0.2, -0.15) is 0 Å². The third kappa shape index (κ3) is 3.80. The van der Waals surface area contributed by atoms with Crippen molar-refractivity contribution in [3.8, 4) is 0 Å².